The van der Waals surface area contributed by atoms with Gasteiger partial charge >= 0.3 is 0 Å². The van der Waals surface area contributed by atoms with Gasteiger partial charge in [-0.05, 0) is 55.0 Å². The minimum atomic E-state index is -0.469. The second-order valence-corrected chi connectivity index (χ2v) is 5.91. The third-order valence-corrected chi connectivity index (χ3v) is 3.81. The molecule has 0 saturated carbocycles. The quantitative estimate of drug-likeness (QED) is 0.598. The van der Waals surface area contributed by atoms with Gasteiger partial charge in [0, 0.05) is 25.5 Å². The maximum atomic E-state index is 12.4. The van der Waals surface area contributed by atoms with Gasteiger partial charge in [-0.15, -0.1) is 0 Å². The number of nitriles is 1. The van der Waals surface area contributed by atoms with Gasteiger partial charge in [-0.1, -0.05) is 6.07 Å². The van der Waals surface area contributed by atoms with Crippen LogP contribution < -0.4 is 19.7 Å². The number of carbonyl (C=O) groups excluding carboxylic acids is 1. The molecule has 0 saturated heterocycles. The van der Waals surface area contributed by atoms with Gasteiger partial charge in [0.05, 0.1) is 13.7 Å². The van der Waals surface area contributed by atoms with E-state index in [9.17, 15) is 10.1 Å². The van der Waals surface area contributed by atoms with E-state index in [1.165, 1.54) is 6.08 Å². The van der Waals surface area contributed by atoms with Gasteiger partial charge in [-0.2, -0.15) is 5.26 Å². The Bertz CT molecular complexity index is 865. The summed E-state index contributed by atoms with van der Waals surface area (Å²) in [7, 11) is 5.44. The molecule has 1 N–H and O–H groups in total. The molecule has 27 heavy (non-hydrogen) atoms. The predicted octanol–water partition coefficient (Wildman–Crippen LogP) is 3.71. The fraction of sp³-hybridized carbons (Fsp3) is 0.238. The zero-order chi connectivity index (χ0) is 19.8. The third-order valence-electron chi connectivity index (χ3n) is 3.81. The second kappa shape index (κ2) is 9.30. The van der Waals surface area contributed by atoms with Gasteiger partial charge in [-0.3, -0.25) is 4.79 Å². The van der Waals surface area contributed by atoms with E-state index in [-0.39, 0.29) is 5.57 Å². The highest BCUT2D eigenvalue weighted by molar-refractivity contribution is 6.09. The van der Waals surface area contributed by atoms with Crippen LogP contribution in [0.3, 0.4) is 0 Å². The second-order valence-electron chi connectivity index (χ2n) is 5.91. The maximum Gasteiger partial charge on any atom is 0.266 e. The van der Waals surface area contributed by atoms with Crippen LogP contribution >= 0.6 is 0 Å². The van der Waals surface area contributed by atoms with Crippen LogP contribution in [-0.2, 0) is 4.79 Å². The number of ether oxygens (including phenoxy) is 2. The first-order chi connectivity index (χ1) is 13.0. The molecule has 2 aromatic carbocycles. The Hall–Kier alpha value is -3.46. The fourth-order valence-electron chi connectivity index (χ4n) is 2.41. The van der Waals surface area contributed by atoms with Crippen molar-refractivity contribution in [2.24, 2.45) is 0 Å². The minimum Gasteiger partial charge on any atom is -0.493 e. The molecule has 0 bridgehead atoms. The lowest BCUT2D eigenvalue weighted by atomic mass is 10.1. The number of amides is 1. The van der Waals surface area contributed by atoms with Gasteiger partial charge in [0.15, 0.2) is 11.5 Å². The number of nitrogens with zero attached hydrogens (tertiary/aromatic N) is 2. The molecule has 0 aromatic heterocycles. The van der Waals surface area contributed by atoms with E-state index < -0.39 is 5.91 Å². The first-order valence-electron chi connectivity index (χ1n) is 8.49. The standard InChI is InChI=1S/C21H23N3O3/c1-5-27-20-13-15(6-11-19(20)26-4)12-16(14-22)21(25)23-17-7-9-18(10-8-17)24(2)3/h6-13H,5H2,1-4H3,(H,23,25)/b16-12-. The van der Waals surface area contributed by atoms with E-state index in [1.807, 2.05) is 44.1 Å². The maximum absolute atomic E-state index is 12.4. The normalized spacial score (nSPS) is 10.7. The number of hydrogen-bond donors (Lipinski definition) is 1. The molecule has 0 unspecified atom stereocenters. The minimum absolute atomic E-state index is 0.000647. The lowest BCUT2D eigenvalue weighted by Crippen LogP contribution is -2.14. The highest BCUT2D eigenvalue weighted by Gasteiger charge is 2.11. The van der Waals surface area contributed by atoms with Crippen molar-refractivity contribution in [3.05, 3.63) is 53.6 Å². The average Bonchev–Trinajstić information content (AvgIpc) is 2.67. The van der Waals surface area contributed by atoms with E-state index >= 15 is 0 Å². The van der Waals surface area contributed by atoms with Gasteiger partial charge in [0.2, 0.25) is 0 Å². The van der Waals surface area contributed by atoms with Crippen molar-refractivity contribution in [1.29, 1.82) is 5.26 Å². The first-order valence-corrected chi connectivity index (χ1v) is 8.49. The van der Waals surface area contributed by atoms with Crippen molar-refractivity contribution in [3.63, 3.8) is 0 Å². The van der Waals surface area contributed by atoms with Crippen molar-refractivity contribution in [2.45, 2.75) is 6.92 Å². The molecule has 1 amide bonds. The zero-order valence-corrected chi connectivity index (χ0v) is 15.9. The molecule has 0 heterocycles. The summed E-state index contributed by atoms with van der Waals surface area (Å²) >= 11 is 0. The molecule has 0 fully saturated rings. The van der Waals surface area contributed by atoms with Crippen molar-refractivity contribution in [3.8, 4) is 17.6 Å². The summed E-state index contributed by atoms with van der Waals surface area (Å²) in [6.07, 6.45) is 1.52. The van der Waals surface area contributed by atoms with Gasteiger partial charge in [0.25, 0.3) is 5.91 Å². The van der Waals surface area contributed by atoms with Crippen LogP contribution in [0, 0.1) is 11.3 Å². The van der Waals surface area contributed by atoms with Crippen LogP contribution in [0.2, 0.25) is 0 Å². The lowest BCUT2D eigenvalue weighted by Gasteiger charge is -2.13. The van der Waals surface area contributed by atoms with E-state index in [4.69, 9.17) is 9.47 Å². The molecule has 0 radical (unpaired) electrons. The number of benzene rings is 2. The SMILES string of the molecule is CCOc1cc(/C=C(/C#N)C(=O)Nc2ccc(N(C)C)cc2)ccc1OC. The molecule has 6 heteroatoms. The molecule has 2 aromatic rings. The van der Waals surface area contributed by atoms with Crippen molar-refractivity contribution < 1.29 is 14.3 Å². The number of anilines is 2. The van der Waals surface area contributed by atoms with Crippen molar-refractivity contribution in [1.82, 2.24) is 0 Å². The molecule has 0 atom stereocenters. The topological polar surface area (TPSA) is 74.6 Å². The van der Waals surface area contributed by atoms with Crippen LogP contribution in [0.1, 0.15) is 12.5 Å². The van der Waals surface area contributed by atoms with E-state index in [0.29, 0.717) is 29.4 Å². The Morgan fingerprint density at radius 3 is 2.44 bits per heavy atom. The molecular weight excluding hydrogens is 342 g/mol. The highest BCUT2D eigenvalue weighted by Crippen LogP contribution is 2.29. The van der Waals surface area contributed by atoms with E-state index in [1.54, 1.807) is 37.4 Å². The molecule has 6 nitrogen and oxygen atoms in total. The Morgan fingerprint density at radius 1 is 1.19 bits per heavy atom. The molecule has 0 aliphatic carbocycles. The molecule has 0 aliphatic rings. The summed E-state index contributed by atoms with van der Waals surface area (Å²) in [5.41, 5.74) is 2.32. The Labute approximate surface area is 159 Å². The predicted molar refractivity (Wildman–Crippen MR) is 107 cm³/mol. The Balaban J connectivity index is 2.21. The number of hydrogen-bond acceptors (Lipinski definition) is 5. The van der Waals surface area contributed by atoms with Gasteiger partial charge in [-0.25, -0.2) is 0 Å². The number of methoxy groups -OCH3 is 1. The van der Waals surface area contributed by atoms with Gasteiger partial charge < -0.3 is 19.7 Å². The Kier molecular flexibility index (Phi) is 6.84. The summed E-state index contributed by atoms with van der Waals surface area (Å²) in [4.78, 5) is 14.4. The van der Waals surface area contributed by atoms with Crippen LogP contribution in [0.15, 0.2) is 48.0 Å². The molecule has 0 spiro atoms. The zero-order valence-electron chi connectivity index (χ0n) is 15.9. The third kappa shape index (κ3) is 5.25. The van der Waals surface area contributed by atoms with Crippen LogP contribution in [0.5, 0.6) is 11.5 Å². The van der Waals surface area contributed by atoms with Crippen LogP contribution in [0.25, 0.3) is 6.08 Å². The highest BCUT2D eigenvalue weighted by atomic mass is 16.5. The van der Waals surface area contributed by atoms with E-state index in [0.717, 1.165) is 5.69 Å². The van der Waals surface area contributed by atoms with Crippen molar-refractivity contribution in [2.75, 3.05) is 38.0 Å². The first kappa shape index (κ1) is 19.9. The lowest BCUT2D eigenvalue weighted by molar-refractivity contribution is -0.112. The summed E-state index contributed by atoms with van der Waals surface area (Å²) in [5, 5.41) is 12.1. The number of nitrogens with one attached hydrogen (secondary N) is 1. The average molecular weight is 365 g/mol. The largest absolute Gasteiger partial charge is 0.493 e. The monoisotopic (exact) mass is 365 g/mol. The fourth-order valence-corrected chi connectivity index (χ4v) is 2.41. The van der Waals surface area contributed by atoms with Crippen LogP contribution in [0.4, 0.5) is 11.4 Å². The number of carbonyl (C=O) groups is 1. The Morgan fingerprint density at radius 2 is 1.89 bits per heavy atom. The number of rotatable bonds is 7. The molecular formula is C21H23N3O3. The van der Waals surface area contributed by atoms with Crippen LogP contribution in [-0.4, -0.2) is 33.7 Å². The van der Waals surface area contributed by atoms with E-state index in [2.05, 4.69) is 5.32 Å². The molecule has 140 valence electrons. The van der Waals surface area contributed by atoms with Gasteiger partial charge in [0.1, 0.15) is 11.6 Å². The molecule has 0 aliphatic heterocycles. The summed E-state index contributed by atoms with van der Waals surface area (Å²) in [6, 6.07) is 14.6. The smallest absolute Gasteiger partial charge is 0.266 e. The summed E-state index contributed by atoms with van der Waals surface area (Å²) in [5.74, 6) is 0.688. The summed E-state index contributed by atoms with van der Waals surface area (Å²) < 4.78 is 10.8. The van der Waals surface area contributed by atoms with Crippen molar-refractivity contribution >= 4 is 23.4 Å². The molecule has 2 rings (SSSR count). The summed E-state index contributed by atoms with van der Waals surface area (Å²) in [6.45, 7) is 2.36.